The van der Waals surface area contributed by atoms with Crippen molar-refractivity contribution in [3.05, 3.63) is 24.3 Å². The molecule has 0 saturated heterocycles. The van der Waals surface area contributed by atoms with Crippen LogP contribution in [0.1, 0.15) is 303 Å². The van der Waals surface area contributed by atoms with E-state index in [1.54, 1.807) is 0 Å². The summed E-state index contributed by atoms with van der Waals surface area (Å²) in [7, 11) is 0. The number of allylic oxidation sites excluding steroid dienone is 4. The first-order valence-corrected chi connectivity index (χ1v) is 28.1. The van der Waals surface area contributed by atoms with Gasteiger partial charge in [-0.1, -0.05) is 237 Å². The van der Waals surface area contributed by atoms with Crippen molar-refractivity contribution in [2.24, 2.45) is 0 Å². The number of rotatable bonds is 52. The minimum atomic E-state index is -0.681. The zero-order valence-corrected chi connectivity index (χ0v) is 42.3. The van der Waals surface area contributed by atoms with E-state index >= 15 is 0 Å². The number of aliphatic hydroxyl groups is 2. The first-order valence-electron chi connectivity index (χ1n) is 28.1. The van der Waals surface area contributed by atoms with Crippen LogP contribution in [0.25, 0.3) is 0 Å². The minimum absolute atomic E-state index is 0.0128. The molecular weight excluding hydrogens is 779 g/mol. The van der Waals surface area contributed by atoms with Crippen LogP contribution in [-0.4, -0.2) is 47.4 Å². The van der Waals surface area contributed by atoms with Crippen molar-refractivity contribution in [3.8, 4) is 0 Å². The van der Waals surface area contributed by atoms with Gasteiger partial charge in [0.1, 0.15) is 0 Å². The third-order valence-electron chi connectivity index (χ3n) is 13.0. The smallest absolute Gasteiger partial charge is 0.305 e. The van der Waals surface area contributed by atoms with Gasteiger partial charge in [0, 0.05) is 12.8 Å². The van der Waals surface area contributed by atoms with Gasteiger partial charge >= 0.3 is 5.97 Å². The molecule has 6 nitrogen and oxygen atoms in total. The third kappa shape index (κ3) is 49.6. The van der Waals surface area contributed by atoms with Gasteiger partial charge in [-0.05, 0) is 77.0 Å². The molecule has 0 rings (SSSR count). The van der Waals surface area contributed by atoms with E-state index in [1.165, 1.54) is 199 Å². The van der Waals surface area contributed by atoms with Crippen LogP contribution < -0.4 is 5.32 Å². The van der Waals surface area contributed by atoms with Crippen molar-refractivity contribution in [2.45, 2.75) is 315 Å². The Kier molecular flexibility index (Phi) is 51.6. The van der Waals surface area contributed by atoms with Crippen LogP contribution in [0.4, 0.5) is 0 Å². The summed E-state index contributed by atoms with van der Waals surface area (Å²) in [6.45, 7) is 4.91. The quantitative estimate of drug-likeness (QED) is 0.0321. The topological polar surface area (TPSA) is 95.9 Å². The number of aliphatic hydroxyl groups excluding tert-OH is 2. The Hall–Kier alpha value is -1.66. The zero-order valence-electron chi connectivity index (χ0n) is 42.3. The molecule has 0 saturated carbocycles. The van der Waals surface area contributed by atoms with Gasteiger partial charge in [0.15, 0.2) is 0 Å². The summed E-state index contributed by atoms with van der Waals surface area (Å²) in [5, 5.41) is 23.2. The summed E-state index contributed by atoms with van der Waals surface area (Å²) in [6.07, 6.45) is 63.0. The Morgan fingerprint density at radius 3 is 1.14 bits per heavy atom. The zero-order chi connectivity index (χ0) is 45.8. The van der Waals surface area contributed by atoms with Crippen LogP contribution in [0.2, 0.25) is 0 Å². The lowest BCUT2D eigenvalue weighted by atomic mass is 10.0. The average Bonchev–Trinajstić information content (AvgIpc) is 3.28. The Morgan fingerprint density at radius 2 is 0.746 bits per heavy atom. The molecule has 0 aromatic carbocycles. The van der Waals surface area contributed by atoms with E-state index in [2.05, 4.69) is 43.5 Å². The highest BCUT2D eigenvalue weighted by atomic mass is 16.5. The maximum Gasteiger partial charge on any atom is 0.305 e. The Labute approximate surface area is 392 Å². The fourth-order valence-corrected chi connectivity index (χ4v) is 8.63. The fraction of sp³-hybridized carbons (Fsp3) is 0.895. The lowest BCUT2D eigenvalue weighted by Crippen LogP contribution is -2.45. The van der Waals surface area contributed by atoms with Crippen molar-refractivity contribution in [3.63, 3.8) is 0 Å². The van der Waals surface area contributed by atoms with E-state index in [1.807, 2.05) is 0 Å². The number of ether oxygens (including phenoxy) is 1. The third-order valence-corrected chi connectivity index (χ3v) is 13.0. The second-order valence-electron chi connectivity index (χ2n) is 19.3. The predicted molar refractivity (Wildman–Crippen MR) is 273 cm³/mol. The molecule has 0 aliphatic carbocycles. The number of hydrogen-bond acceptors (Lipinski definition) is 5. The minimum Gasteiger partial charge on any atom is -0.466 e. The molecule has 0 heterocycles. The second-order valence-corrected chi connectivity index (χ2v) is 19.3. The number of esters is 1. The van der Waals surface area contributed by atoms with Crippen LogP contribution >= 0.6 is 0 Å². The molecule has 2 unspecified atom stereocenters. The van der Waals surface area contributed by atoms with Crippen molar-refractivity contribution >= 4 is 11.9 Å². The Bertz CT molecular complexity index is 982. The monoisotopic (exact) mass is 888 g/mol. The summed E-state index contributed by atoms with van der Waals surface area (Å²) < 4.78 is 5.47. The molecule has 0 bridgehead atoms. The van der Waals surface area contributed by atoms with Crippen LogP contribution in [0.5, 0.6) is 0 Å². The molecule has 0 spiro atoms. The molecule has 0 aromatic heterocycles. The van der Waals surface area contributed by atoms with Crippen molar-refractivity contribution < 1.29 is 24.5 Å². The number of nitrogens with one attached hydrogen (secondary N) is 1. The summed E-state index contributed by atoms with van der Waals surface area (Å²) in [4.78, 5) is 24.5. The van der Waals surface area contributed by atoms with Gasteiger partial charge in [-0.2, -0.15) is 0 Å². The van der Waals surface area contributed by atoms with Gasteiger partial charge < -0.3 is 20.3 Å². The highest BCUT2D eigenvalue weighted by Crippen LogP contribution is 2.16. The van der Waals surface area contributed by atoms with E-state index in [0.717, 1.165) is 70.6 Å². The van der Waals surface area contributed by atoms with E-state index in [0.29, 0.717) is 25.9 Å². The lowest BCUT2D eigenvalue weighted by molar-refractivity contribution is -0.143. The molecule has 1 amide bonds. The van der Waals surface area contributed by atoms with E-state index in [-0.39, 0.29) is 18.5 Å². The second kappa shape index (κ2) is 53.0. The first-order chi connectivity index (χ1) is 31.0. The van der Waals surface area contributed by atoms with Gasteiger partial charge in [-0.15, -0.1) is 0 Å². The number of hydrogen-bond donors (Lipinski definition) is 3. The Morgan fingerprint density at radius 1 is 0.429 bits per heavy atom. The van der Waals surface area contributed by atoms with Crippen LogP contribution in [0.3, 0.4) is 0 Å². The van der Waals surface area contributed by atoms with Gasteiger partial charge in [0.2, 0.25) is 5.91 Å². The molecule has 0 radical (unpaired) electrons. The Balaban J connectivity index is 3.47. The molecule has 0 aromatic rings. The number of carbonyl (C=O) groups excluding carboxylic acids is 2. The van der Waals surface area contributed by atoms with E-state index < -0.39 is 12.1 Å². The molecule has 2 atom stereocenters. The van der Waals surface area contributed by atoms with Gasteiger partial charge in [0.25, 0.3) is 0 Å². The standard InChI is InChI=1S/C57H109NO5/c1-3-5-7-9-11-13-15-17-19-20-21-22-23-27-31-35-39-43-47-51-57(62)63-52-48-44-40-36-32-28-24-26-30-34-38-42-46-50-56(61)58-54(53-59)55(60)49-45-41-37-33-29-25-18-16-14-12-10-8-6-4-2/h17,19,26,30,54-55,59-60H,3-16,18,20-25,27-29,31-53H2,1-2H3,(H,58,61)/b19-17-,30-26-. The van der Waals surface area contributed by atoms with Crippen LogP contribution in [0, 0.1) is 0 Å². The predicted octanol–water partition coefficient (Wildman–Crippen LogP) is 17.1. The number of unbranched alkanes of at least 4 members (excludes halogenated alkanes) is 37. The molecule has 6 heteroatoms. The van der Waals surface area contributed by atoms with E-state index in [4.69, 9.17) is 4.74 Å². The maximum atomic E-state index is 12.4. The normalized spacial score (nSPS) is 12.8. The molecule has 0 fully saturated rings. The van der Waals surface area contributed by atoms with Crippen molar-refractivity contribution in [1.29, 1.82) is 0 Å². The van der Waals surface area contributed by atoms with Gasteiger partial charge in [-0.3, -0.25) is 9.59 Å². The molecular formula is C57H109NO5. The molecule has 0 aliphatic heterocycles. The fourth-order valence-electron chi connectivity index (χ4n) is 8.63. The first kappa shape index (κ1) is 61.3. The summed E-state index contributed by atoms with van der Waals surface area (Å²) in [5.74, 6) is -0.0771. The highest BCUT2D eigenvalue weighted by molar-refractivity contribution is 5.76. The number of carbonyl (C=O) groups is 2. The van der Waals surface area contributed by atoms with Gasteiger partial charge in [-0.25, -0.2) is 0 Å². The summed E-state index contributed by atoms with van der Waals surface area (Å²) in [5.41, 5.74) is 0. The SMILES string of the molecule is CCCCCCCC/C=C\CCCCCCCCCCCC(=O)OCCCCCCCC/C=C\CCCCCC(=O)NC(CO)C(O)CCCCCCCCCCCCCCCC. The average molecular weight is 889 g/mol. The largest absolute Gasteiger partial charge is 0.466 e. The van der Waals surface area contributed by atoms with Gasteiger partial charge in [0.05, 0.1) is 25.4 Å². The number of amides is 1. The molecule has 63 heavy (non-hydrogen) atoms. The maximum absolute atomic E-state index is 12.4. The lowest BCUT2D eigenvalue weighted by Gasteiger charge is -2.22. The van der Waals surface area contributed by atoms with Crippen molar-refractivity contribution in [1.82, 2.24) is 5.32 Å². The molecule has 0 aliphatic rings. The summed E-state index contributed by atoms with van der Waals surface area (Å²) in [6, 6.07) is -0.561. The molecule has 3 N–H and O–H groups in total. The summed E-state index contributed by atoms with van der Waals surface area (Å²) >= 11 is 0. The molecule has 372 valence electrons. The van der Waals surface area contributed by atoms with E-state index in [9.17, 15) is 19.8 Å². The van der Waals surface area contributed by atoms with Crippen LogP contribution in [-0.2, 0) is 14.3 Å². The van der Waals surface area contributed by atoms with Crippen LogP contribution in [0.15, 0.2) is 24.3 Å². The highest BCUT2D eigenvalue weighted by Gasteiger charge is 2.20. The van der Waals surface area contributed by atoms with Crippen molar-refractivity contribution in [2.75, 3.05) is 13.2 Å².